The molecule has 0 aliphatic carbocycles. The minimum atomic E-state index is -1.18. The van der Waals surface area contributed by atoms with Crippen LogP contribution in [-0.2, 0) is 11.2 Å². The number of carbonyl (C=O) groups is 1. The molecule has 0 saturated carbocycles. The molecule has 0 spiro atoms. The Morgan fingerprint density at radius 3 is 2.75 bits per heavy atom. The van der Waals surface area contributed by atoms with Crippen molar-refractivity contribution in [2.45, 2.75) is 38.8 Å². The molecule has 1 aromatic carbocycles. The quantitative estimate of drug-likeness (QED) is 0.707. The molecule has 20 heavy (non-hydrogen) atoms. The van der Waals surface area contributed by atoms with E-state index in [0.717, 1.165) is 16.5 Å². The average molecular weight is 343 g/mol. The van der Waals surface area contributed by atoms with E-state index in [1.54, 1.807) is 0 Å². The molecule has 0 fully saturated rings. The highest BCUT2D eigenvalue weighted by Crippen LogP contribution is 2.13. The first-order valence-electron chi connectivity index (χ1n) is 6.86. The van der Waals surface area contributed by atoms with E-state index in [2.05, 4.69) is 35.1 Å². The highest BCUT2D eigenvalue weighted by atomic mass is 79.9. The lowest BCUT2D eigenvalue weighted by Crippen LogP contribution is -2.47. The Morgan fingerprint density at radius 1 is 1.45 bits per heavy atom. The Kier molecular flexibility index (Phi) is 7.19. The van der Waals surface area contributed by atoms with Crippen molar-refractivity contribution in [1.82, 2.24) is 5.32 Å². The standard InChI is InChI=1S/C15H23BrN2O2/c1-10(2)6-7-18-15(20)14(19)13(17)9-11-4-3-5-12(16)8-11/h3-5,8,10,13-14,19H,6-7,9,17H2,1-2H3,(H,18,20). The first kappa shape index (κ1) is 17.1. The van der Waals surface area contributed by atoms with Crippen molar-refractivity contribution in [1.29, 1.82) is 0 Å². The van der Waals surface area contributed by atoms with Crippen LogP contribution in [0.3, 0.4) is 0 Å². The highest BCUT2D eigenvalue weighted by molar-refractivity contribution is 9.10. The van der Waals surface area contributed by atoms with Crippen molar-refractivity contribution in [2.75, 3.05) is 6.54 Å². The van der Waals surface area contributed by atoms with Crippen molar-refractivity contribution in [3.8, 4) is 0 Å². The molecular formula is C15H23BrN2O2. The second-order valence-electron chi connectivity index (χ2n) is 5.42. The molecule has 1 amide bonds. The Labute approximate surface area is 128 Å². The van der Waals surface area contributed by atoms with Gasteiger partial charge in [-0.25, -0.2) is 0 Å². The number of hydrogen-bond donors (Lipinski definition) is 3. The number of hydrogen-bond acceptors (Lipinski definition) is 3. The van der Waals surface area contributed by atoms with Crippen LogP contribution >= 0.6 is 15.9 Å². The van der Waals surface area contributed by atoms with Crippen molar-refractivity contribution < 1.29 is 9.90 Å². The predicted molar refractivity (Wildman–Crippen MR) is 84.3 cm³/mol. The third kappa shape index (κ3) is 6.03. The summed E-state index contributed by atoms with van der Waals surface area (Å²) in [5, 5.41) is 12.6. The van der Waals surface area contributed by atoms with E-state index in [1.807, 2.05) is 24.3 Å². The zero-order valence-corrected chi connectivity index (χ0v) is 13.6. The van der Waals surface area contributed by atoms with Crippen LogP contribution in [0.15, 0.2) is 28.7 Å². The second kappa shape index (κ2) is 8.39. The van der Waals surface area contributed by atoms with Crippen molar-refractivity contribution in [2.24, 2.45) is 11.7 Å². The Balaban J connectivity index is 2.45. The number of nitrogens with two attached hydrogens (primary N) is 1. The molecule has 112 valence electrons. The summed E-state index contributed by atoms with van der Waals surface area (Å²) in [6, 6.07) is 7.08. The maximum Gasteiger partial charge on any atom is 0.250 e. The summed E-state index contributed by atoms with van der Waals surface area (Å²) in [6.07, 6.45) is 0.165. The van der Waals surface area contributed by atoms with Crippen molar-refractivity contribution >= 4 is 21.8 Å². The second-order valence-corrected chi connectivity index (χ2v) is 6.33. The first-order valence-corrected chi connectivity index (χ1v) is 7.65. The van der Waals surface area contributed by atoms with Crippen LogP contribution in [0.4, 0.5) is 0 Å². The van der Waals surface area contributed by atoms with Gasteiger partial charge in [-0.05, 0) is 36.5 Å². The molecule has 4 nitrogen and oxygen atoms in total. The normalized spacial score (nSPS) is 14.1. The molecule has 4 N–H and O–H groups in total. The molecule has 0 aliphatic heterocycles. The third-order valence-corrected chi connectivity index (χ3v) is 3.55. The van der Waals surface area contributed by atoms with Crippen LogP contribution in [0.5, 0.6) is 0 Å². The Hall–Kier alpha value is -0.910. The largest absolute Gasteiger partial charge is 0.382 e. The molecule has 0 heterocycles. The molecule has 1 aromatic rings. The van der Waals surface area contributed by atoms with E-state index < -0.39 is 18.1 Å². The molecule has 1 rings (SSSR count). The number of carbonyl (C=O) groups excluding carboxylic acids is 1. The zero-order valence-electron chi connectivity index (χ0n) is 12.0. The Morgan fingerprint density at radius 2 is 2.15 bits per heavy atom. The monoisotopic (exact) mass is 342 g/mol. The van der Waals surface area contributed by atoms with Gasteiger partial charge >= 0.3 is 0 Å². The number of halogens is 1. The summed E-state index contributed by atoms with van der Waals surface area (Å²) in [7, 11) is 0. The lowest BCUT2D eigenvalue weighted by molar-refractivity contribution is -0.130. The maximum absolute atomic E-state index is 11.8. The molecule has 0 aromatic heterocycles. The molecule has 0 aliphatic rings. The van der Waals surface area contributed by atoms with Gasteiger partial charge in [0.05, 0.1) is 0 Å². The summed E-state index contributed by atoms with van der Waals surface area (Å²) >= 11 is 3.38. The van der Waals surface area contributed by atoms with Crippen molar-refractivity contribution in [3.63, 3.8) is 0 Å². The van der Waals surface area contributed by atoms with Gasteiger partial charge in [-0.1, -0.05) is 41.9 Å². The predicted octanol–water partition coefficient (Wildman–Crippen LogP) is 1.84. The number of rotatable bonds is 7. The van der Waals surface area contributed by atoms with Crippen LogP contribution in [0, 0.1) is 5.92 Å². The van der Waals surface area contributed by atoms with E-state index in [-0.39, 0.29) is 0 Å². The number of amides is 1. The van der Waals surface area contributed by atoms with Gasteiger partial charge in [-0.2, -0.15) is 0 Å². The minimum absolute atomic E-state index is 0.395. The van der Waals surface area contributed by atoms with Gasteiger partial charge in [0, 0.05) is 17.1 Å². The van der Waals surface area contributed by atoms with Gasteiger partial charge < -0.3 is 16.2 Å². The first-order chi connectivity index (χ1) is 9.40. The molecule has 0 bridgehead atoms. The van der Waals surface area contributed by atoms with Crippen LogP contribution in [0.1, 0.15) is 25.8 Å². The van der Waals surface area contributed by atoms with E-state index in [4.69, 9.17) is 5.73 Å². The van der Waals surface area contributed by atoms with Gasteiger partial charge in [0.25, 0.3) is 0 Å². The minimum Gasteiger partial charge on any atom is -0.382 e. The van der Waals surface area contributed by atoms with Crippen LogP contribution < -0.4 is 11.1 Å². The van der Waals surface area contributed by atoms with Gasteiger partial charge in [0.2, 0.25) is 5.91 Å². The van der Waals surface area contributed by atoms with E-state index in [0.29, 0.717) is 18.9 Å². The van der Waals surface area contributed by atoms with Crippen molar-refractivity contribution in [3.05, 3.63) is 34.3 Å². The summed E-state index contributed by atoms with van der Waals surface area (Å²) in [5.41, 5.74) is 6.89. The third-order valence-electron chi connectivity index (χ3n) is 3.06. The molecule has 2 unspecified atom stereocenters. The van der Waals surface area contributed by atoms with Gasteiger partial charge in [-0.15, -0.1) is 0 Å². The summed E-state index contributed by atoms with van der Waals surface area (Å²) in [5.74, 6) is 0.121. The molecule has 2 atom stereocenters. The molecule has 5 heteroatoms. The Bertz CT molecular complexity index is 438. The zero-order chi connectivity index (χ0) is 15.1. The van der Waals surface area contributed by atoms with Gasteiger partial charge in [0.1, 0.15) is 6.10 Å². The number of nitrogens with one attached hydrogen (secondary N) is 1. The van der Waals surface area contributed by atoms with Gasteiger partial charge in [0.15, 0.2) is 0 Å². The molecule has 0 saturated heterocycles. The fourth-order valence-corrected chi connectivity index (χ4v) is 2.28. The van der Waals surface area contributed by atoms with E-state index >= 15 is 0 Å². The number of aliphatic hydroxyl groups is 1. The number of aliphatic hydroxyl groups excluding tert-OH is 1. The van der Waals surface area contributed by atoms with Crippen LogP contribution in [0.25, 0.3) is 0 Å². The molecular weight excluding hydrogens is 320 g/mol. The molecule has 0 radical (unpaired) electrons. The topological polar surface area (TPSA) is 75.3 Å². The van der Waals surface area contributed by atoms with E-state index in [1.165, 1.54) is 0 Å². The fourth-order valence-electron chi connectivity index (χ4n) is 1.83. The summed E-state index contributed by atoms with van der Waals surface area (Å²) in [6.45, 7) is 4.74. The lowest BCUT2D eigenvalue weighted by atomic mass is 10.0. The smallest absolute Gasteiger partial charge is 0.250 e. The van der Waals surface area contributed by atoms with E-state index in [9.17, 15) is 9.90 Å². The SMILES string of the molecule is CC(C)CCNC(=O)C(O)C(N)Cc1cccc(Br)c1. The van der Waals surface area contributed by atoms with Crippen LogP contribution in [0.2, 0.25) is 0 Å². The number of benzene rings is 1. The summed E-state index contributed by atoms with van der Waals surface area (Å²) < 4.78 is 0.957. The maximum atomic E-state index is 11.8. The summed E-state index contributed by atoms with van der Waals surface area (Å²) in [4.78, 5) is 11.8. The van der Waals surface area contributed by atoms with Gasteiger partial charge in [-0.3, -0.25) is 4.79 Å². The van der Waals surface area contributed by atoms with Crippen LogP contribution in [-0.4, -0.2) is 29.7 Å². The average Bonchev–Trinajstić information content (AvgIpc) is 2.37. The fraction of sp³-hybridized carbons (Fsp3) is 0.533. The highest BCUT2D eigenvalue weighted by Gasteiger charge is 2.22. The lowest BCUT2D eigenvalue weighted by Gasteiger charge is -2.19.